The van der Waals surface area contributed by atoms with E-state index in [0.29, 0.717) is 18.0 Å². The molecule has 1 aliphatic rings. The number of amides is 1. The molecule has 1 amide bonds. The van der Waals surface area contributed by atoms with Crippen LogP contribution in [0.15, 0.2) is 78.7 Å². The Morgan fingerprint density at radius 2 is 1.74 bits per heavy atom. The second-order valence-corrected chi connectivity index (χ2v) is 7.97. The van der Waals surface area contributed by atoms with Crippen LogP contribution in [-0.2, 0) is 11.3 Å². The molecule has 5 nitrogen and oxygen atoms in total. The molecule has 5 heteroatoms. The summed E-state index contributed by atoms with van der Waals surface area (Å²) in [6.45, 7) is 4.60. The van der Waals surface area contributed by atoms with Crippen molar-refractivity contribution in [3.63, 3.8) is 0 Å². The van der Waals surface area contributed by atoms with Gasteiger partial charge in [-0.05, 0) is 46.9 Å². The van der Waals surface area contributed by atoms with E-state index in [9.17, 15) is 9.90 Å². The van der Waals surface area contributed by atoms with Crippen molar-refractivity contribution < 1.29 is 14.6 Å². The van der Waals surface area contributed by atoms with Crippen LogP contribution >= 0.6 is 0 Å². The van der Waals surface area contributed by atoms with Crippen LogP contribution in [0.25, 0.3) is 5.57 Å². The molecule has 0 bridgehead atoms. The zero-order valence-corrected chi connectivity index (χ0v) is 17.9. The van der Waals surface area contributed by atoms with Crippen molar-refractivity contribution in [2.45, 2.75) is 32.4 Å². The van der Waals surface area contributed by atoms with E-state index in [-0.39, 0.29) is 5.76 Å². The van der Waals surface area contributed by atoms with Gasteiger partial charge in [-0.2, -0.15) is 0 Å². The second kappa shape index (κ2) is 8.64. The topological polar surface area (TPSA) is 62.7 Å². The zero-order valence-electron chi connectivity index (χ0n) is 17.9. The highest BCUT2D eigenvalue weighted by Gasteiger charge is 2.41. The number of benzene rings is 2. The van der Waals surface area contributed by atoms with Crippen molar-refractivity contribution in [1.29, 1.82) is 0 Å². The number of carbonyl (C=O) groups excluding carboxylic acids is 1. The van der Waals surface area contributed by atoms with Crippen molar-refractivity contribution in [2.75, 3.05) is 7.11 Å². The summed E-state index contributed by atoms with van der Waals surface area (Å²) in [5.41, 5.74) is 4.32. The highest BCUT2D eigenvalue weighted by molar-refractivity contribution is 6.05. The normalized spacial score (nSPS) is 16.3. The van der Waals surface area contributed by atoms with Crippen molar-refractivity contribution in [3.8, 4) is 5.75 Å². The molecule has 4 rings (SSSR count). The van der Waals surface area contributed by atoms with Gasteiger partial charge in [-0.25, -0.2) is 0 Å². The van der Waals surface area contributed by atoms with E-state index < -0.39 is 11.9 Å². The Kier molecular flexibility index (Phi) is 5.76. The van der Waals surface area contributed by atoms with Crippen LogP contribution in [0.3, 0.4) is 0 Å². The molecule has 1 atom stereocenters. The molecule has 0 spiro atoms. The van der Waals surface area contributed by atoms with Crippen LogP contribution < -0.4 is 4.74 Å². The third-order valence-electron chi connectivity index (χ3n) is 5.68. The van der Waals surface area contributed by atoms with Gasteiger partial charge in [-0.3, -0.25) is 9.78 Å². The maximum absolute atomic E-state index is 13.1. The van der Waals surface area contributed by atoms with Gasteiger partial charge in [0, 0.05) is 11.8 Å². The van der Waals surface area contributed by atoms with E-state index in [0.717, 1.165) is 22.6 Å². The Hall–Kier alpha value is -3.60. The number of carbonyl (C=O) groups is 1. The molecule has 1 N–H and O–H groups in total. The van der Waals surface area contributed by atoms with Gasteiger partial charge < -0.3 is 14.7 Å². The lowest BCUT2D eigenvalue weighted by atomic mass is 9.91. The first-order chi connectivity index (χ1) is 15.0. The van der Waals surface area contributed by atoms with E-state index in [4.69, 9.17) is 4.74 Å². The lowest BCUT2D eigenvalue weighted by molar-refractivity contribution is -0.130. The average Bonchev–Trinajstić information content (AvgIpc) is 3.05. The lowest BCUT2D eigenvalue weighted by Crippen LogP contribution is -2.30. The number of pyridine rings is 1. The van der Waals surface area contributed by atoms with Crippen LogP contribution in [-0.4, -0.2) is 28.0 Å². The SMILES string of the molecule is COc1ccc(C2=C(O)C(=O)N(Cc3ccccn3)C2c2ccc(C(C)C)cc2)cc1. The Balaban J connectivity index is 1.79. The van der Waals surface area contributed by atoms with Crippen LogP contribution in [0.5, 0.6) is 5.75 Å². The smallest absolute Gasteiger partial charge is 0.290 e. The molecule has 0 saturated carbocycles. The van der Waals surface area contributed by atoms with Crippen molar-refractivity contribution >= 4 is 11.5 Å². The molecule has 31 heavy (non-hydrogen) atoms. The summed E-state index contributed by atoms with van der Waals surface area (Å²) < 4.78 is 5.26. The van der Waals surface area contributed by atoms with E-state index >= 15 is 0 Å². The highest BCUT2D eigenvalue weighted by atomic mass is 16.5. The van der Waals surface area contributed by atoms with E-state index in [1.165, 1.54) is 5.56 Å². The lowest BCUT2D eigenvalue weighted by Gasteiger charge is -2.27. The summed E-state index contributed by atoms with van der Waals surface area (Å²) in [5.74, 6) is 0.513. The first-order valence-electron chi connectivity index (χ1n) is 10.4. The van der Waals surface area contributed by atoms with Gasteiger partial charge in [0.1, 0.15) is 5.75 Å². The van der Waals surface area contributed by atoms with E-state index in [1.807, 2.05) is 54.6 Å². The van der Waals surface area contributed by atoms with Crippen LogP contribution in [0.4, 0.5) is 0 Å². The number of aromatic nitrogens is 1. The Morgan fingerprint density at radius 3 is 2.32 bits per heavy atom. The molecule has 2 aromatic carbocycles. The number of aliphatic hydroxyl groups excluding tert-OH is 1. The fourth-order valence-electron chi connectivity index (χ4n) is 3.96. The number of nitrogens with zero attached hydrogens (tertiary/aromatic N) is 2. The maximum Gasteiger partial charge on any atom is 0.290 e. The molecular formula is C26H26N2O3. The van der Waals surface area contributed by atoms with Crippen molar-refractivity contribution in [2.24, 2.45) is 0 Å². The number of rotatable bonds is 6. The highest BCUT2D eigenvalue weighted by Crippen LogP contribution is 2.44. The van der Waals surface area contributed by atoms with Gasteiger partial charge in [0.25, 0.3) is 5.91 Å². The van der Waals surface area contributed by atoms with Gasteiger partial charge in [-0.1, -0.05) is 56.3 Å². The number of methoxy groups -OCH3 is 1. The van der Waals surface area contributed by atoms with Gasteiger partial charge in [0.05, 0.1) is 25.4 Å². The molecule has 0 fully saturated rings. The van der Waals surface area contributed by atoms with E-state index in [2.05, 4.69) is 31.0 Å². The number of hydrogen-bond acceptors (Lipinski definition) is 4. The largest absolute Gasteiger partial charge is 0.503 e. The van der Waals surface area contributed by atoms with Crippen molar-refractivity contribution in [3.05, 3.63) is 101 Å². The molecule has 1 aromatic heterocycles. The summed E-state index contributed by atoms with van der Waals surface area (Å²) in [5, 5.41) is 10.9. The minimum absolute atomic E-state index is 0.223. The summed E-state index contributed by atoms with van der Waals surface area (Å²) in [4.78, 5) is 19.2. The quantitative estimate of drug-likeness (QED) is 0.597. The third-order valence-corrected chi connectivity index (χ3v) is 5.68. The number of hydrogen-bond donors (Lipinski definition) is 1. The number of aliphatic hydroxyl groups is 1. The third kappa shape index (κ3) is 4.04. The molecule has 3 aromatic rings. The molecule has 2 heterocycles. The first-order valence-corrected chi connectivity index (χ1v) is 10.4. The van der Waals surface area contributed by atoms with Crippen molar-refractivity contribution in [1.82, 2.24) is 9.88 Å². The Morgan fingerprint density at radius 1 is 1.03 bits per heavy atom. The minimum Gasteiger partial charge on any atom is -0.503 e. The monoisotopic (exact) mass is 414 g/mol. The predicted molar refractivity (Wildman–Crippen MR) is 121 cm³/mol. The fourth-order valence-corrected chi connectivity index (χ4v) is 3.96. The number of ether oxygens (including phenoxy) is 1. The van der Waals surface area contributed by atoms with E-state index in [1.54, 1.807) is 18.2 Å². The van der Waals surface area contributed by atoms with Gasteiger partial charge in [-0.15, -0.1) is 0 Å². The average molecular weight is 415 g/mol. The van der Waals surface area contributed by atoms with Gasteiger partial charge in [0.2, 0.25) is 0 Å². The van der Waals surface area contributed by atoms with Crippen LogP contribution in [0, 0.1) is 0 Å². The summed E-state index contributed by atoms with van der Waals surface area (Å²) in [7, 11) is 1.61. The second-order valence-electron chi connectivity index (χ2n) is 7.97. The Labute approximate surface area is 182 Å². The molecule has 158 valence electrons. The molecule has 0 saturated heterocycles. The molecule has 0 aliphatic carbocycles. The molecule has 1 unspecified atom stereocenters. The summed E-state index contributed by atoms with van der Waals surface area (Å²) >= 11 is 0. The Bertz CT molecular complexity index is 1090. The summed E-state index contributed by atoms with van der Waals surface area (Å²) in [6.07, 6.45) is 1.71. The standard InChI is InChI=1S/C26H26N2O3/c1-17(2)18-7-9-20(10-8-18)24-23(19-11-13-22(31-3)14-12-19)25(29)26(30)28(24)16-21-6-4-5-15-27-21/h4-15,17,24,29H,16H2,1-3H3. The molecule has 0 radical (unpaired) electrons. The van der Waals surface area contributed by atoms with Crippen LogP contribution in [0.1, 0.15) is 48.2 Å². The maximum atomic E-state index is 13.1. The molecule has 1 aliphatic heterocycles. The van der Waals surface area contributed by atoms with Gasteiger partial charge >= 0.3 is 0 Å². The predicted octanol–water partition coefficient (Wildman–Crippen LogP) is 5.27. The summed E-state index contributed by atoms with van der Waals surface area (Å²) in [6, 6.07) is 20.9. The van der Waals surface area contributed by atoms with Crippen LogP contribution in [0.2, 0.25) is 0 Å². The first kappa shape index (κ1) is 20.7. The molecular weight excluding hydrogens is 388 g/mol. The fraction of sp³-hybridized carbons (Fsp3) is 0.231. The van der Waals surface area contributed by atoms with Gasteiger partial charge in [0.15, 0.2) is 5.76 Å². The minimum atomic E-state index is -0.413. The zero-order chi connectivity index (χ0) is 22.0.